The van der Waals surface area contributed by atoms with Crippen molar-refractivity contribution < 1.29 is 44.9 Å². The van der Waals surface area contributed by atoms with E-state index in [1.165, 1.54) is 5.56 Å². The van der Waals surface area contributed by atoms with Crippen molar-refractivity contribution in [2.45, 2.75) is 13.0 Å². The van der Waals surface area contributed by atoms with Crippen molar-refractivity contribution in [3.63, 3.8) is 0 Å². The fourth-order valence-electron chi connectivity index (χ4n) is 4.09. The fourth-order valence-corrected chi connectivity index (χ4v) is 4.09. The Kier molecular flexibility index (Phi) is 5.72. The maximum Gasteiger partial charge on any atom is 0.250 e. The number of ether oxygens (including phenoxy) is 4. The van der Waals surface area contributed by atoms with Crippen LogP contribution < -0.4 is 35.9 Å². The first-order chi connectivity index (χ1) is 14.3. The molecule has 0 radical (unpaired) electrons. The molecular formula is C23H22BrNO5. The molecule has 2 aliphatic heterocycles. The molecule has 0 N–H and O–H groups in total. The first-order valence-electron chi connectivity index (χ1n) is 9.57. The third kappa shape index (κ3) is 3.43. The van der Waals surface area contributed by atoms with E-state index in [2.05, 4.69) is 22.8 Å². The van der Waals surface area contributed by atoms with Crippen LogP contribution in [0.25, 0.3) is 0 Å². The van der Waals surface area contributed by atoms with Crippen molar-refractivity contribution in [2.24, 2.45) is 0 Å². The summed E-state index contributed by atoms with van der Waals surface area (Å²) in [4.78, 5) is 0. The minimum absolute atomic E-state index is 0. The Balaban J connectivity index is 0.00000218. The van der Waals surface area contributed by atoms with Gasteiger partial charge in [0, 0.05) is 6.42 Å². The van der Waals surface area contributed by atoms with Crippen LogP contribution in [-0.4, -0.2) is 37.8 Å². The third-order valence-electron chi connectivity index (χ3n) is 5.42. The molecule has 1 aromatic heterocycles. The lowest BCUT2D eigenvalue weighted by Gasteiger charge is -2.19. The van der Waals surface area contributed by atoms with Crippen molar-refractivity contribution in [1.82, 2.24) is 0 Å². The SMILES string of the molecule is COc1cccc(C[N+]2=C(c3ccco3)c3cc4c(cc3CC2)OCO4)c1OC.[Br-]. The van der Waals surface area contributed by atoms with E-state index in [4.69, 9.17) is 23.4 Å². The van der Waals surface area contributed by atoms with Crippen molar-refractivity contribution in [3.05, 3.63) is 71.2 Å². The summed E-state index contributed by atoms with van der Waals surface area (Å²) >= 11 is 0. The van der Waals surface area contributed by atoms with Crippen LogP contribution in [0.5, 0.6) is 23.0 Å². The van der Waals surface area contributed by atoms with Gasteiger partial charge >= 0.3 is 0 Å². The monoisotopic (exact) mass is 471 g/mol. The average molecular weight is 472 g/mol. The first-order valence-corrected chi connectivity index (χ1v) is 9.57. The summed E-state index contributed by atoms with van der Waals surface area (Å²) in [5, 5.41) is 0. The molecule has 0 saturated heterocycles. The molecule has 0 fully saturated rings. The van der Waals surface area contributed by atoms with E-state index in [-0.39, 0.29) is 23.8 Å². The van der Waals surface area contributed by atoms with Gasteiger partial charge in [-0.1, -0.05) is 6.07 Å². The van der Waals surface area contributed by atoms with E-state index in [9.17, 15) is 0 Å². The van der Waals surface area contributed by atoms with E-state index in [0.717, 1.165) is 58.6 Å². The molecule has 5 rings (SSSR count). The topological polar surface area (TPSA) is 53.1 Å². The standard InChI is InChI=1S/C23H22NO5.BrH/c1-25-19-6-3-5-16(23(19)26-2)13-24-9-8-15-11-20-21(29-14-28-20)12-17(15)22(24)18-7-4-10-27-18;/h3-7,10-12H,8-9,13-14H2,1-2H3;1H/q+1;/p-1. The molecule has 3 aromatic rings. The minimum atomic E-state index is 0. The minimum Gasteiger partial charge on any atom is -1.00 e. The highest BCUT2D eigenvalue weighted by molar-refractivity contribution is 6.09. The van der Waals surface area contributed by atoms with E-state index >= 15 is 0 Å². The van der Waals surface area contributed by atoms with Crippen LogP contribution in [0.15, 0.2) is 53.1 Å². The summed E-state index contributed by atoms with van der Waals surface area (Å²) < 4.78 is 30.4. The summed E-state index contributed by atoms with van der Waals surface area (Å²) in [6.07, 6.45) is 2.61. The van der Waals surface area contributed by atoms with Gasteiger partial charge < -0.3 is 40.3 Å². The zero-order chi connectivity index (χ0) is 19.8. The third-order valence-corrected chi connectivity index (χ3v) is 5.42. The second kappa shape index (κ2) is 8.44. The Labute approximate surface area is 185 Å². The van der Waals surface area contributed by atoms with Crippen molar-refractivity contribution >= 4 is 5.71 Å². The highest BCUT2D eigenvalue weighted by atomic mass is 79.9. The van der Waals surface area contributed by atoms with Gasteiger partial charge in [0.25, 0.3) is 5.71 Å². The predicted molar refractivity (Wildman–Crippen MR) is 107 cm³/mol. The van der Waals surface area contributed by atoms with Crippen LogP contribution in [0, 0.1) is 0 Å². The molecule has 0 saturated carbocycles. The van der Waals surface area contributed by atoms with Crippen molar-refractivity contribution in [2.75, 3.05) is 27.6 Å². The lowest BCUT2D eigenvalue weighted by Crippen LogP contribution is -3.00. The molecule has 0 aliphatic carbocycles. The van der Waals surface area contributed by atoms with E-state index in [1.54, 1.807) is 20.5 Å². The van der Waals surface area contributed by atoms with Gasteiger partial charge in [-0.15, -0.1) is 0 Å². The van der Waals surface area contributed by atoms with Crippen LogP contribution in [0.2, 0.25) is 0 Å². The van der Waals surface area contributed by atoms with Crippen LogP contribution >= 0.6 is 0 Å². The van der Waals surface area contributed by atoms with E-state index in [1.807, 2.05) is 24.3 Å². The number of nitrogens with zero attached hydrogens (tertiary/aromatic N) is 1. The maximum atomic E-state index is 5.81. The van der Waals surface area contributed by atoms with Crippen LogP contribution in [0.1, 0.15) is 22.5 Å². The number of fused-ring (bicyclic) bond motifs is 2. The number of halogens is 1. The van der Waals surface area contributed by atoms with Crippen LogP contribution in [-0.2, 0) is 13.0 Å². The molecule has 30 heavy (non-hydrogen) atoms. The van der Waals surface area contributed by atoms with Gasteiger partial charge in [-0.05, 0) is 42.0 Å². The number of hydrogen-bond donors (Lipinski definition) is 0. The zero-order valence-corrected chi connectivity index (χ0v) is 18.4. The van der Waals surface area contributed by atoms with Gasteiger partial charge in [0.2, 0.25) is 6.79 Å². The summed E-state index contributed by atoms with van der Waals surface area (Å²) in [6, 6.07) is 14.0. The smallest absolute Gasteiger partial charge is 0.250 e. The van der Waals surface area contributed by atoms with Gasteiger partial charge in [-0.25, -0.2) is 4.58 Å². The molecule has 0 spiro atoms. The summed E-state index contributed by atoms with van der Waals surface area (Å²) in [6.45, 7) is 1.78. The number of benzene rings is 2. The largest absolute Gasteiger partial charge is 1.00 e. The van der Waals surface area contributed by atoms with Crippen molar-refractivity contribution in [1.29, 1.82) is 0 Å². The molecule has 2 aliphatic rings. The molecule has 0 amide bonds. The van der Waals surface area contributed by atoms with Gasteiger partial charge in [0.1, 0.15) is 6.54 Å². The lowest BCUT2D eigenvalue weighted by molar-refractivity contribution is -0.544. The molecule has 3 heterocycles. The molecule has 0 unspecified atom stereocenters. The second-order valence-corrected chi connectivity index (χ2v) is 7.01. The molecule has 156 valence electrons. The van der Waals surface area contributed by atoms with Crippen LogP contribution in [0.3, 0.4) is 0 Å². The average Bonchev–Trinajstić information content (AvgIpc) is 3.43. The Hall–Kier alpha value is -2.93. The number of para-hydroxylation sites is 1. The predicted octanol–water partition coefficient (Wildman–Crippen LogP) is 0.636. The van der Waals surface area contributed by atoms with Gasteiger partial charge in [-0.3, -0.25) is 0 Å². The Morgan fingerprint density at radius 2 is 1.83 bits per heavy atom. The summed E-state index contributed by atoms with van der Waals surface area (Å²) in [5.74, 6) is 3.89. The Morgan fingerprint density at radius 3 is 2.57 bits per heavy atom. The molecule has 2 aromatic carbocycles. The summed E-state index contributed by atoms with van der Waals surface area (Å²) in [5.41, 5.74) is 4.44. The molecule has 0 bridgehead atoms. The quantitative estimate of drug-likeness (QED) is 0.511. The number of furan rings is 1. The van der Waals surface area contributed by atoms with Crippen molar-refractivity contribution in [3.8, 4) is 23.0 Å². The number of hydrogen-bond acceptors (Lipinski definition) is 5. The Morgan fingerprint density at radius 1 is 1.00 bits per heavy atom. The Bertz CT molecular complexity index is 1090. The normalized spacial score (nSPS) is 14.2. The molecular weight excluding hydrogens is 450 g/mol. The maximum absolute atomic E-state index is 5.81. The fraction of sp³-hybridized carbons (Fsp3) is 0.261. The number of rotatable bonds is 5. The van der Waals surface area contributed by atoms with Crippen LogP contribution in [0.4, 0.5) is 0 Å². The first kappa shape index (κ1) is 20.3. The summed E-state index contributed by atoms with van der Waals surface area (Å²) in [7, 11) is 3.33. The van der Waals surface area contributed by atoms with E-state index < -0.39 is 0 Å². The highest BCUT2D eigenvalue weighted by Crippen LogP contribution is 2.38. The highest BCUT2D eigenvalue weighted by Gasteiger charge is 2.32. The lowest BCUT2D eigenvalue weighted by atomic mass is 9.94. The number of methoxy groups -OCH3 is 2. The second-order valence-electron chi connectivity index (χ2n) is 7.01. The molecule has 6 nitrogen and oxygen atoms in total. The van der Waals surface area contributed by atoms with Gasteiger partial charge in [0.15, 0.2) is 35.3 Å². The molecule has 0 atom stereocenters. The van der Waals surface area contributed by atoms with Gasteiger partial charge in [-0.2, -0.15) is 0 Å². The van der Waals surface area contributed by atoms with Gasteiger partial charge in [0.05, 0.1) is 31.6 Å². The molecule has 7 heteroatoms. The van der Waals surface area contributed by atoms with E-state index in [0.29, 0.717) is 6.54 Å². The zero-order valence-electron chi connectivity index (χ0n) is 16.8.